The molecule has 0 unspecified atom stereocenters. The van der Waals surface area contributed by atoms with Crippen molar-refractivity contribution in [2.24, 2.45) is 0 Å². The molecule has 0 saturated heterocycles. The lowest BCUT2D eigenvalue weighted by atomic mass is 10.3. The first-order chi connectivity index (χ1) is 4.74. The van der Waals surface area contributed by atoms with Crippen molar-refractivity contribution in [1.82, 2.24) is 10.2 Å². The summed E-state index contributed by atoms with van der Waals surface area (Å²) in [5.41, 5.74) is 1.63. The van der Waals surface area contributed by atoms with Gasteiger partial charge in [-0.25, -0.2) is 10.2 Å². The number of aromatic nitrogens is 1. The van der Waals surface area contributed by atoms with Crippen molar-refractivity contribution in [2.45, 2.75) is 0 Å². The highest BCUT2D eigenvalue weighted by atomic mass is 16.5. The van der Waals surface area contributed by atoms with Crippen LogP contribution in [0.2, 0.25) is 0 Å². The molecule has 10 heavy (non-hydrogen) atoms. The summed E-state index contributed by atoms with van der Waals surface area (Å²) in [6, 6.07) is 1.37. The second kappa shape index (κ2) is 2.40. The molecule has 0 atom stereocenters. The number of carbonyl (C=O) groups excluding carboxylic acids is 1. The third-order valence-electron chi connectivity index (χ3n) is 1.04. The van der Waals surface area contributed by atoms with Gasteiger partial charge in [-0.15, -0.1) is 0 Å². The van der Waals surface area contributed by atoms with Crippen LogP contribution in [-0.2, 0) is 0 Å². The molecule has 0 bridgehead atoms. The summed E-state index contributed by atoms with van der Waals surface area (Å²) in [5, 5.41) is 16.8. The van der Waals surface area contributed by atoms with Crippen molar-refractivity contribution in [3.63, 3.8) is 0 Å². The Hall–Kier alpha value is -1.49. The van der Waals surface area contributed by atoms with E-state index < -0.39 is 5.91 Å². The minimum atomic E-state index is -0.646. The Morgan fingerprint density at radius 2 is 2.40 bits per heavy atom. The Balaban J connectivity index is 2.85. The highest BCUT2D eigenvalue weighted by Crippen LogP contribution is 1.97. The maximum Gasteiger partial charge on any atom is 0.276 e. The fourth-order valence-corrected chi connectivity index (χ4v) is 0.584. The molecule has 0 saturated carbocycles. The molecule has 0 fully saturated rings. The monoisotopic (exact) mass is 142 g/mol. The molecule has 5 nitrogen and oxygen atoms in total. The Morgan fingerprint density at radius 3 is 2.80 bits per heavy atom. The van der Waals surface area contributed by atoms with Crippen molar-refractivity contribution < 1.29 is 15.2 Å². The van der Waals surface area contributed by atoms with Crippen molar-refractivity contribution in [1.29, 1.82) is 0 Å². The molecular formula is C5H6N2O3. The van der Waals surface area contributed by atoms with Gasteiger partial charge in [-0.05, 0) is 6.07 Å². The van der Waals surface area contributed by atoms with E-state index in [1.54, 1.807) is 0 Å². The SMILES string of the molecule is O=C(NO)c1ccn(O)c1. The van der Waals surface area contributed by atoms with Crippen LogP contribution in [0.1, 0.15) is 10.4 Å². The van der Waals surface area contributed by atoms with Gasteiger partial charge in [-0.1, -0.05) is 0 Å². The lowest BCUT2D eigenvalue weighted by Gasteiger charge is -1.90. The Morgan fingerprint density at radius 1 is 1.70 bits per heavy atom. The minimum absolute atomic E-state index is 0.199. The summed E-state index contributed by atoms with van der Waals surface area (Å²) in [7, 11) is 0. The highest BCUT2D eigenvalue weighted by molar-refractivity contribution is 5.93. The third kappa shape index (κ3) is 1.08. The number of rotatable bonds is 1. The molecule has 0 spiro atoms. The van der Waals surface area contributed by atoms with Crippen LogP contribution in [0.25, 0.3) is 0 Å². The fourth-order valence-electron chi connectivity index (χ4n) is 0.584. The zero-order valence-electron chi connectivity index (χ0n) is 4.98. The summed E-state index contributed by atoms with van der Waals surface area (Å²) >= 11 is 0. The number of hydroxylamine groups is 1. The van der Waals surface area contributed by atoms with E-state index in [0.717, 1.165) is 4.73 Å². The molecule has 1 heterocycles. The molecule has 0 aliphatic heterocycles. The number of hydrogen-bond acceptors (Lipinski definition) is 3. The van der Waals surface area contributed by atoms with Crippen LogP contribution in [0.4, 0.5) is 0 Å². The molecular weight excluding hydrogens is 136 g/mol. The van der Waals surface area contributed by atoms with Gasteiger partial charge in [-0.3, -0.25) is 10.0 Å². The van der Waals surface area contributed by atoms with Crippen LogP contribution in [0.15, 0.2) is 18.5 Å². The quantitative estimate of drug-likeness (QED) is 0.290. The summed E-state index contributed by atoms with van der Waals surface area (Å²) in [5.74, 6) is -0.646. The van der Waals surface area contributed by atoms with Crippen LogP contribution >= 0.6 is 0 Å². The van der Waals surface area contributed by atoms with Gasteiger partial charge in [0, 0.05) is 6.20 Å². The van der Waals surface area contributed by atoms with E-state index in [1.165, 1.54) is 23.9 Å². The molecule has 0 radical (unpaired) electrons. The van der Waals surface area contributed by atoms with E-state index in [4.69, 9.17) is 10.4 Å². The highest BCUT2D eigenvalue weighted by Gasteiger charge is 2.03. The van der Waals surface area contributed by atoms with Gasteiger partial charge >= 0.3 is 0 Å². The average Bonchev–Trinajstić information content (AvgIpc) is 2.34. The summed E-state index contributed by atoms with van der Waals surface area (Å²) < 4.78 is 0.727. The largest absolute Gasteiger partial charge is 0.429 e. The zero-order valence-corrected chi connectivity index (χ0v) is 4.98. The van der Waals surface area contributed by atoms with Crippen molar-refractivity contribution in [3.8, 4) is 0 Å². The fraction of sp³-hybridized carbons (Fsp3) is 0. The van der Waals surface area contributed by atoms with Crippen LogP contribution in [-0.4, -0.2) is 21.1 Å². The number of nitrogens with one attached hydrogen (secondary N) is 1. The van der Waals surface area contributed by atoms with E-state index in [1.807, 2.05) is 0 Å². The second-order valence-corrected chi connectivity index (χ2v) is 1.72. The van der Waals surface area contributed by atoms with Gasteiger partial charge in [0.15, 0.2) is 0 Å². The van der Waals surface area contributed by atoms with E-state index in [-0.39, 0.29) is 5.56 Å². The van der Waals surface area contributed by atoms with Gasteiger partial charge in [0.25, 0.3) is 5.91 Å². The molecule has 5 heteroatoms. The lowest BCUT2D eigenvalue weighted by molar-refractivity contribution is 0.0704. The first-order valence-electron chi connectivity index (χ1n) is 2.55. The Labute approximate surface area is 56.4 Å². The average molecular weight is 142 g/mol. The molecule has 0 aliphatic rings. The normalized spacial score (nSPS) is 9.30. The molecule has 1 amide bonds. The van der Waals surface area contributed by atoms with Gasteiger partial charge < -0.3 is 5.21 Å². The zero-order chi connectivity index (χ0) is 7.56. The first kappa shape index (κ1) is 6.63. The molecule has 1 rings (SSSR count). The van der Waals surface area contributed by atoms with E-state index in [2.05, 4.69) is 0 Å². The predicted octanol–water partition coefficient (Wildman–Crippen LogP) is -0.156. The smallest absolute Gasteiger partial charge is 0.276 e. The van der Waals surface area contributed by atoms with E-state index in [9.17, 15) is 4.79 Å². The van der Waals surface area contributed by atoms with Gasteiger partial charge in [0.1, 0.15) is 0 Å². The second-order valence-electron chi connectivity index (χ2n) is 1.72. The third-order valence-corrected chi connectivity index (χ3v) is 1.04. The summed E-state index contributed by atoms with van der Waals surface area (Å²) in [4.78, 5) is 10.5. The first-order valence-corrected chi connectivity index (χ1v) is 2.55. The van der Waals surface area contributed by atoms with E-state index in [0.29, 0.717) is 0 Å². The maximum atomic E-state index is 10.5. The Kier molecular flexibility index (Phi) is 1.59. The number of carbonyl (C=O) groups is 1. The van der Waals surface area contributed by atoms with Gasteiger partial charge in [0.05, 0.1) is 11.8 Å². The predicted molar refractivity (Wildman–Crippen MR) is 30.9 cm³/mol. The number of amides is 1. The molecule has 3 N–H and O–H groups in total. The number of nitrogens with zero attached hydrogens (tertiary/aromatic N) is 1. The summed E-state index contributed by atoms with van der Waals surface area (Å²) in [6.07, 6.45) is 2.45. The summed E-state index contributed by atoms with van der Waals surface area (Å²) in [6.45, 7) is 0. The van der Waals surface area contributed by atoms with Crippen molar-refractivity contribution in [3.05, 3.63) is 24.0 Å². The lowest BCUT2D eigenvalue weighted by Crippen LogP contribution is -2.17. The molecule has 1 aromatic heterocycles. The molecule has 0 aromatic carbocycles. The van der Waals surface area contributed by atoms with Crippen LogP contribution in [0.5, 0.6) is 0 Å². The molecule has 54 valence electrons. The topological polar surface area (TPSA) is 74.5 Å². The van der Waals surface area contributed by atoms with Crippen LogP contribution in [0, 0.1) is 0 Å². The molecule has 0 aliphatic carbocycles. The molecule has 1 aromatic rings. The van der Waals surface area contributed by atoms with Crippen LogP contribution < -0.4 is 5.48 Å². The maximum absolute atomic E-state index is 10.5. The van der Waals surface area contributed by atoms with E-state index >= 15 is 0 Å². The standard InChI is InChI=1S/C5H6N2O3/c8-5(6-9)4-1-2-7(10)3-4/h1-3,9-10H,(H,6,8). The van der Waals surface area contributed by atoms with Crippen LogP contribution in [0.3, 0.4) is 0 Å². The van der Waals surface area contributed by atoms with Gasteiger partial charge in [-0.2, -0.15) is 0 Å². The number of hydrogen-bond donors (Lipinski definition) is 3. The van der Waals surface area contributed by atoms with Crippen molar-refractivity contribution >= 4 is 5.91 Å². The Bertz CT molecular complexity index is 243. The minimum Gasteiger partial charge on any atom is -0.429 e. The van der Waals surface area contributed by atoms with Gasteiger partial charge in [0.2, 0.25) is 0 Å². The van der Waals surface area contributed by atoms with Crippen molar-refractivity contribution in [2.75, 3.05) is 0 Å².